The molecule has 0 aromatic carbocycles. The number of halogens is 4. The van der Waals surface area contributed by atoms with Crippen LogP contribution in [0.1, 0.15) is 34.1 Å². The summed E-state index contributed by atoms with van der Waals surface area (Å²) in [6.07, 6.45) is -6.99. The first-order valence-electron chi connectivity index (χ1n) is 6.77. The molecule has 0 bridgehead atoms. The molecule has 0 heterocycles. The second-order valence-electron chi connectivity index (χ2n) is 6.36. The van der Waals surface area contributed by atoms with Crippen molar-refractivity contribution in [3.8, 4) is 0 Å². The summed E-state index contributed by atoms with van der Waals surface area (Å²) in [4.78, 5) is 10.5. The minimum absolute atomic E-state index is 0.126. The van der Waals surface area contributed by atoms with Crippen LogP contribution in [0.15, 0.2) is 0 Å². The Kier molecular flexibility index (Phi) is 7.43. The summed E-state index contributed by atoms with van der Waals surface area (Å²) in [5.74, 6) is -0.703. The van der Waals surface area contributed by atoms with Crippen LogP contribution in [0.3, 0.4) is 0 Å². The fraction of sp³-hybridized carbons (Fsp3) is 0.923. The molecule has 0 radical (unpaired) electrons. The number of hydrogen-bond acceptors (Lipinski definition) is 3. The molecule has 21 heavy (non-hydrogen) atoms. The van der Waals surface area contributed by atoms with Crippen LogP contribution >= 0.6 is 15.9 Å². The van der Waals surface area contributed by atoms with E-state index >= 15 is 0 Å². The van der Waals surface area contributed by atoms with Gasteiger partial charge in [0.25, 0.3) is 0 Å². The number of alkyl halides is 4. The fourth-order valence-electron chi connectivity index (χ4n) is 1.30. The van der Waals surface area contributed by atoms with E-state index in [2.05, 4.69) is 15.9 Å². The van der Waals surface area contributed by atoms with E-state index in [1.807, 2.05) is 20.8 Å². The predicted octanol–water partition coefficient (Wildman–Crippen LogP) is 4.66. The highest BCUT2D eigenvalue weighted by Crippen LogP contribution is 2.40. The molecule has 0 saturated carbocycles. The Hall–Kier alpha value is -0.0831. The van der Waals surface area contributed by atoms with Crippen LogP contribution in [-0.4, -0.2) is 38.0 Å². The number of esters is 1. The first-order chi connectivity index (χ1) is 9.22. The van der Waals surface area contributed by atoms with Crippen molar-refractivity contribution in [2.24, 2.45) is 0 Å². The van der Waals surface area contributed by atoms with Gasteiger partial charge in [0.15, 0.2) is 8.32 Å². The highest BCUT2D eigenvalue weighted by molar-refractivity contribution is 9.10. The van der Waals surface area contributed by atoms with Crippen LogP contribution in [0.4, 0.5) is 13.2 Å². The smallest absolute Gasteiger partial charge is 0.413 e. The number of ether oxygens (including phenoxy) is 1. The van der Waals surface area contributed by atoms with Crippen molar-refractivity contribution in [2.45, 2.75) is 69.4 Å². The third-order valence-electron chi connectivity index (χ3n) is 3.57. The zero-order valence-electron chi connectivity index (χ0n) is 13.3. The summed E-state index contributed by atoms with van der Waals surface area (Å²) in [5, 5.41) is -0.345. The van der Waals surface area contributed by atoms with Gasteiger partial charge in [-0.15, -0.1) is 0 Å². The maximum Gasteiger partial charge on any atom is 0.413 e. The fourth-order valence-corrected chi connectivity index (χ4v) is 3.06. The Balaban J connectivity index is 5.05. The molecule has 0 spiro atoms. The van der Waals surface area contributed by atoms with Gasteiger partial charge in [-0.05, 0) is 25.1 Å². The molecular formula is C13H24BrF3O3Si. The van der Waals surface area contributed by atoms with Gasteiger partial charge in [-0.1, -0.05) is 36.7 Å². The van der Waals surface area contributed by atoms with Gasteiger partial charge < -0.3 is 9.16 Å². The molecular weight excluding hydrogens is 369 g/mol. The van der Waals surface area contributed by atoms with E-state index < -0.39 is 37.8 Å². The van der Waals surface area contributed by atoms with Crippen LogP contribution in [-0.2, 0) is 14.0 Å². The molecule has 0 fully saturated rings. The zero-order chi connectivity index (χ0) is 17.1. The molecule has 0 aliphatic rings. The van der Waals surface area contributed by atoms with E-state index in [9.17, 15) is 18.0 Å². The molecule has 0 N–H and O–H groups in total. The van der Waals surface area contributed by atoms with Crippen LogP contribution in [0, 0.1) is 0 Å². The van der Waals surface area contributed by atoms with Gasteiger partial charge in [-0.2, -0.15) is 13.2 Å². The Labute approximate surface area is 133 Å². The van der Waals surface area contributed by atoms with Crippen LogP contribution < -0.4 is 0 Å². The summed E-state index contributed by atoms with van der Waals surface area (Å²) in [5.41, 5.74) is 0. The lowest BCUT2D eigenvalue weighted by Gasteiger charge is -2.40. The monoisotopic (exact) mass is 392 g/mol. The predicted molar refractivity (Wildman–Crippen MR) is 82.1 cm³/mol. The van der Waals surface area contributed by atoms with Gasteiger partial charge in [0.05, 0.1) is 6.61 Å². The Morgan fingerprint density at radius 2 is 1.71 bits per heavy atom. The second-order valence-corrected chi connectivity index (χ2v) is 12.2. The van der Waals surface area contributed by atoms with Crippen LogP contribution in [0.2, 0.25) is 18.1 Å². The largest absolute Gasteiger partial charge is 0.465 e. The van der Waals surface area contributed by atoms with Gasteiger partial charge in [0, 0.05) is 6.42 Å². The SMILES string of the molecule is CCOC(=O)C(Br)CC(O[Si](C)(C)C(C)(C)C)C(F)(F)F. The molecule has 0 aromatic rings. The molecule has 0 amide bonds. The van der Waals surface area contributed by atoms with Gasteiger partial charge in [0.1, 0.15) is 10.9 Å². The molecule has 8 heteroatoms. The first-order valence-corrected chi connectivity index (χ1v) is 10.6. The zero-order valence-corrected chi connectivity index (χ0v) is 15.9. The van der Waals surface area contributed by atoms with Crippen molar-refractivity contribution in [3.05, 3.63) is 0 Å². The molecule has 2 atom stereocenters. The van der Waals surface area contributed by atoms with Crippen molar-refractivity contribution >= 4 is 30.2 Å². The molecule has 0 aliphatic heterocycles. The van der Waals surface area contributed by atoms with Crippen molar-refractivity contribution in [1.82, 2.24) is 0 Å². The van der Waals surface area contributed by atoms with Crippen molar-refractivity contribution in [1.29, 1.82) is 0 Å². The van der Waals surface area contributed by atoms with E-state index in [1.165, 1.54) is 0 Å². The molecule has 2 unspecified atom stereocenters. The Morgan fingerprint density at radius 1 is 1.24 bits per heavy atom. The van der Waals surface area contributed by atoms with Crippen LogP contribution in [0.5, 0.6) is 0 Å². The molecule has 0 saturated heterocycles. The summed E-state index contributed by atoms with van der Waals surface area (Å²) in [6.45, 7) is 10.8. The third-order valence-corrected chi connectivity index (χ3v) is 8.81. The second kappa shape index (κ2) is 7.46. The number of hydrogen-bond donors (Lipinski definition) is 0. The first kappa shape index (κ1) is 20.9. The normalized spacial score (nSPS) is 16.5. The standard InChI is InChI=1S/C13H24BrF3O3Si/c1-7-19-11(18)9(14)8-10(13(15,16)17)20-21(5,6)12(2,3)4/h9-10H,7-8H2,1-6H3. The van der Waals surface area contributed by atoms with E-state index in [0.717, 1.165) is 0 Å². The number of carbonyl (C=O) groups excluding carboxylic acids is 1. The average Bonchev–Trinajstić information content (AvgIpc) is 2.25. The van der Waals surface area contributed by atoms with E-state index in [1.54, 1.807) is 20.0 Å². The minimum atomic E-state index is -4.52. The molecule has 126 valence electrons. The maximum atomic E-state index is 13.2. The van der Waals surface area contributed by atoms with Crippen molar-refractivity contribution in [2.75, 3.05) is 6.61 Å². The topological polar surface area (TPSA) is 35.5 Å². The lowest BCUT2D eigenvalue weighted by molar-refractivity contribution is -0.200. The summed E-state index contributed by atoms with van der Waals surface area (Å²) in [6, 6.07) is 0. The average molecular weight is 393 g/mol. The summed E-state index contributed by atoms with van der Waals surface area (Å²) < 4.78 is 49.7. The van der Waals surface area contributed by atoms with E-state index in [0.29, 0.717) is 0 Å². The van der Waals surface area contributed by atoms with Gasteiger partial charge in [-0.3, -0.25) is 4.79 Å². The lowest BCUT2D eigenvalue weighted by atomic mass is 10.2. The number of rotatable bonds is 6. The van der Waals surface area contributed by atoms with Gasteiger partial charge in [-0.25, -0.2) is 0 Å². The maximum absolute atomic E-state index is 13.2. The molecule has 0 aliphatic carbocycles. The summed E-state index contributed by atoms with van der Waals surface area (Å²) >= 11 is 2.96. The highest BCUT2D eigenvalue weighted by Gasteiger charge is 2.48. The van der Waals surface area contributed by atoms with E-state index in [4.69, 9.17) is 9.16 Å². The minimum Gasteiger partial charge on any atom is -0.465 e. The van der Waals surface area contributed by atoms with E-state index in [-0.39, 0.29) is 11.6 Å². The summed E-state index contributed by atoms with van der Waals surface area (Å²) in [7, 11) is -2.59. The van der Waals surface area contributed by atoms with Crippen LogP contribution in [0.25, 0.3) is 0 Å². The molecule has 0 rings (SSSR count). The van der Waals surface area contributed by atoms with Gasteiger partial charge in [0.2, 0.25) is 0 Å². The third kappa shape index (κ3) is 6.69. The number of carbonyl (C=O) groups is 1. The quantitative estimate of drug-likeness (QED) is 0.374. The van der Waals surface area contributed by atoms with Crippen molar-refractivity contribution < 1.29 is 27.1 Å². The Bertz CT molecular complexity index is 354. The van der Waals surface area contributed by atoms with Gasteiger partial charge >= 0.3 is 12.1 Å². The molecule has 3 nitrogen and oxygen atoms in total. The molecule has 0 aromatic heterocycles. The lowest BCUT2D eigenvalue weighted by Crippen LogP contribution is -2.49. The van der Waals surface area contributed by atoms with Crippen molar-refractivity contribution in [3.63, 3.8) is 0 Å². The Morgan fingerprint density at radius 3 is 2.05 bits per heavy atom. The highest BCUT2D eigenvalue weighted by atomic mass is 79.9.